The highest BCUT2D eigenvalue weighted by Crippen LogP contribution is 2.24. The van der Waals surface area contributed by atoms with Gasteiger partial charge in [-0.1, -0.05) is 53.5 Å². The Morgan fingerprint density at radius 1 is 1.07 bits per heavy atom. The molecule has 0 aliphatic carbocycles. The summed E-state index contributed by atoms with van der Waals surface area (Å²) >= 11 is 12.4. The molecular formula is C32H40Cl2N4O6. The smallest absolute Gasteiger partial charge is 0.407 e. The molecule has 0 radical (unpaired) electrons. The molecule has 0 aliphatic rings. The first-order valence-corrected chi connectivity index (χ1v) is 15.3. The minimum atomic E-state index is -0.596. The fourth-order valence-corrected chi connectivity index (χ4v) is 4.73. The van der Waals surface area contributed by atoms with Gasteiger partial charge in [0, 0.05) is 29.6 Å². The molecule has 0 saturated carbocycles. The van der Waals surface area contributed by atoms with Crippen molar-refractivity contribution in [2.75, 3.05) is 26.3 Å². The molecule has 12 heteroatoms. The molecule has 1 heterocycles. The average Bonchev–Trinajstić information content (AvgIpc) is 2.97. The van der Waals surface area contributed by atoms with Crippen LogP contribution in [0.15, 0.2) is 59.5 Å². The van der Waals surface area contributed by atoms with E-state index in [1.807, 2.05) is 30.3 Å². The van der Waals surface area contributed by atoms with Crippen LogP contribution >= 0.6 is 23.2 Å². The molecule has 2 N–H and O–H groups in total. The van der Waals surface area contributed by atoms with Crippen molar-refractivity contribution in [1.82, 2.24) is 20.2 Å². The summed E-state index contributed by atoms with van der Waals surface area (Å²) in [6.45, 7) is 8.82. The summed E-state index contributed by atoms with van der Waals surface area (Å²) < 4.78 is 17.5. The van der Waals surface area contributed by atoms with Crippen LogP contribution in [0, 0.1) is 0 Å². The summed E-state index contributed by atoms with van der Waals surface area (Å²) in [5.74, 6) is -0.273. The van der Waals surface area contributed by atoms with E-state index in [4.69, 9.17) is 37.4 Å². The van der Waals surface area contributed by atoms with E-state index in [1.54, 1.807) is 45.9 Å². The Morgan fingerprint density at radius 3 is 2.52 bits per heavy atom. The van der Waals surface area contributed by atoms with Crippen molar-refractivity contribution >= 4 is 35.3 Å². The maximum Gasteiger partial charge on any atom is 0.407 e. The van der Waals surface area contributed by atoms with Crippen molar-refractivity contribution in [2.24, 2.45) is 0 Å². The molecule has 238 valence electrons. The lowest BCUT2D eigenvalue weighted by molar-refractivity contribution is -0.143. The summed E-state index contributed by atoms with van der Waals surface area (Å²) in [5, 5.41) is 6.77. The van der Waals surface area contributed by atoms with E-state index >= 15 is 0 Å². The lowest BCUT2D eigenvalue weighted by Crippen LogP contribution is -2.34. The van der Waals surface area contributed by atoms with Crippen LogP contribution in [0.5, 0.6) is 5.75 Å². The lowest BCUT2D eigenvalue weighted by atomic mass is 9.95. The minimum Gasteiger partial charge on any atom is -0.493 e. The van der Waals surface area contributed by atoms with Crippen molar-refractivity contribution in [2.45, 2.75) is 65.1 Å². The largest absolute Gasteiger partial charge is 0.493 e. The third kappa shape index (κ3) is 11.2. The first-order valence-electron chi connectivity index (χ1n) is 14.5. The number of hydrogen-bond acceptors (Lipinski definition) is 8. The fourth-order valence-electron chi connectivity index (χ4n) is 4.35. The molecule has 10 nitrogen and oxygen atoms in total. The van der Waals surface area contributed by atoms with E-state index in [0.717, 1.165) is 24.0 Å². The summed E-state index contributed by atoms with van der Waals surface area (Å²) in [7, 11) is 0. The fraction of sp³-hybridized carbons (Fsp3) is 0.438. The van der Waals surface area contributed by atoms with Gasteiger partial charge in [0.25, 0.3) is 5.56 Å². The third-order valence-electron chi connectivity index (χ3n) is 6.36. The standard InChI is InChI=1S/C32H40Cl2N4O6/c1-5-42-28(39)21-38-27(34)20-36-29(30(38)40)25(22-11-7-6-8-12-22)19-35-15-9-10-16-43-26-14-13-24(33)17-23(26)18-37-31(41)44-32(2,3)4/h6-8,11-14,17,20,25,35H,5,9-10,15-16,18-19,21H2,1-4H3,(H,37,41)/t25-/m1/s1. The van der Waals surface area contributed by atoms with Crippen molar-refractivity contribution in [3.8, 4) is 5.75 Å². The van der Waals surface area contributed by atoms with Crippen LogP contribution in [0.1, 0.15) is 63.3 Å². The van der Waals surface area contributed by atoms with E-state index in [2.05, 4.69) is 15.6 Å². The van der Waals surface area contributed by atoms with Crippen LogP contribution in [-0.2, 0) is 27.4 Å². The SMILES string of the molecule is CCOC(=O)Cn1c(Cl)cnc([C@H](CNCCCCOc2ccc(Cl)cc2CNC(=O)OC(C)(C)C)c2ccccc2)c1=O. The topological polar surface area (TPSA) is 121 Å². The highest BCUT2D eigenvalue weighted by atomic mass is 35.5. The lowest BCUT2D eigenvalue weighted by Gasteiger charge is -2.20. The molecule has 1 atom stereocenters. The van der Waals surface area contributed by atoms with Crippen LogP contribution in [0.4, 0.5) is 4.79 Å². The molecule has 0 spiro atoms. The highest BCUT2D eigenvalue weighted by Gasteiger charge is 2.22. The van der Waals surface area contributed by atoms with Gasteiger partial charge in [0.1, 0.15) is 28.7 Å². The second kappa shape index (κ2) is 17.0. The molecule has 0 unspecified atom stereocenters. The van der Waals surface area contributed by atoms with Gasteiger partial charge >= 0.3 is 12.1 Å². The number of aromatic nitrogens is 2. The number of rotatable bonds is 15. The first kappa shape index (κ1) is 34.9. The third-order valence-corrected chi connectivity index (χ3v) is 6.89. The highest BCUT2D eigenvalue weighted by molar-refractivity contribution is 6.30. The number of esters is 1. The second-order valence-electron chi connectivity index (χ2n) is 11.0. The van der Waals surface area contributed by atoms with Crippen molar-refractivity contribution in [3.05, 3.63) is 92.1 Å². The molecule has 0 aliphatic heterocycles. The number of alkyl carbamates (subject to hydrolysis) is 1. The van der Waals surface area contributed by atoms with Gasteiger partial charge in [-0.2, -0.15) is 0 Å². The number of carbonyl (C=O) groups is 2. The molecule has 1 aromatic heterocycles. The molecule has 44 heavy (non-hydrogen) atoms. The molecule has 1 amide bonds. The number of amides is 1. The van der Waals surface area contributed by atoms with E-state index in [9.17, 15) is 14.4 Å². The van der Waals surface area contributed by atoms with E-state index < -0.39 is 23.2 Å². The number of nitrogens with zero attached hydrogens (tertiary/aromatic N) is 2. The van der Waals surface area contributed by atoms with Gasteiger partial charge < -0.3 is 24.8 Å². The van der Waals surface area contributed by atoms with Gasteiger partial charge in [0.2, 0.25) is 0 Å². The van der Waals surface area contributed by atoms with Gasteiger partial charge in [-0.05, 0) is 70.8 Å². The zero-order chi connectivity index (χ0) is 32.1. The molecule has 3 aromatic rings. The second-order valence-corrected chi connectivity index (χ2v) is 11.8. The van der Waals surface area contributed by atoms with Gasteiger partial charge in [0.05, 0.1) is 19.4 Å². The van der Waals surface area contributed by atoms with Crippen LogP contribution in [0.3, 0.4) is 0 Å². The van der Waals surface area contributed by atoms with E-state index in [-0.39, 0.29) is 36.5 Å². The van der Waals surface area contributed by atoms with Gasteiger partial charge in [-0.25, -0.2) is 4.79 Å². The summed E-state index contributed by atoms with van der Waals surface area (Å²) in [4.78, 5) is 41.9. The van der Waals surface area contributed by atoms with Crippen LogP contribution in [0.25, 0.3) is 0 Å². The summed E-state index contributed by atoms with van der Waals surface area (Å²) in [6, 6.07) is 14.9. The quantitative estimate of drug-likeness (QED) is 0.159. The van der Waals surface area contributed by atoms with Gasteiger partial charge in [-0.15, -0.1) is 0 Å². The number of halogens is 2. The maximum atomic E-state index is 13.4. The van der Waals surface area contributed by atoms with Gasteiger partial charge in [-0.3, -0.25) is 19.1 Å². The zero-order valence-electron chi connectivity index (χ0n) is 25.5. The minimum absolute atomic E-state index is 0.0658. The van der Waals surface area contributed by atoms with Crippen molar-refractivity contribution < 1.29 is 23.8 Å². The predicted octanol–water partition coefficient (Wildman–Crippen LogP) is 5.72. The number of unbranched alkanes of at least 4 members (excludes halogenated alkanes) is 1. The molecule has 0 bridgehead atoms. The Balaban J connectivity index is 1.56. The van der Waals surface area contributed by atoms with Gasteiger partial charge in [0.15, 0.2) is 0 Å². The number of nitrogens with one attached hydrogen (secondary N) is 2. The first-order chi connectivity index (χ1) is 21.0. The molecule has 3 rings (SSSR count). The summed E-state index contributed by atoms with van der Waals surface area (Å²) in [5.41, 5.74) is 0.914. The zero-order valence-corrected chi connectivity index (χ0v) is 27.0. The average molecular weight is 648 g/mol. The van der Waals surface area contributed by atoms with E-state index in [0.29, 0.717) is 30.5 Å². The Bertz CT molecular complexity index is 1440. The Hall–Kier alpha value is -3.60. The predicted molar refractivity (Wildman–Crippen MR) is 171 cm³/mol. The molecule has 0 saturated heterocycles. The molecular weight excluding hydrogens is 607 g/mol. The number of ether oxygens (including phenoxy) is 3. The van der Waals surface area contributed by atoms with Crippen LogP contribution in [-0.4, -0.2) is 53.5 Å². The monoisotopic (exact) mass is 646 g/mol. The Morgan fingerprint density at radius 2 is 1.82 bits per heavy atom. The maximum absolute atomic E-state index is 13.4. The number of benzene rings is 2. The van der Waals surface area contributed by atoms with Crippen molar-refractivity contribution in [3.63, 3.8) is 0 Å². The Kier molecular flexibility index (Phi) is 13.5. The molecule has 2 aromatic carbocycles. The normalized spacial score (nSPS) is 12.0. The molecule has 0 fully saturated rings. The van der Waals surface area contributed by atoms with Crippen LogP contribution in [0.2, 0.25) is 10.2 Å². The van der Waals surface area contributed by atoms with Crippen molar-refractivity contribution in [1.29, 1.82) is 0 Å². The number of hydrogen-bond donors (Lipinski definition) is 2. The Labute approximate surface area is 268 Å². The van der Waals surface area contributed by atoms with Crippen LogP contribution < -0.4 is 20.9 Å². The number of carbonyl (C=O) groups excluding carboxylic acids is 2. The summed E-state index contributed by atoms with van der Waals surface area (Å²) in [6.07, 6.45) is 2.44. The van der Waals surface area contributed by atoms with E-state index in [1.165, 1.54) is 10.8 Å².